The molecule has 0 aliphatic rings. The van der Waals surface area contributed by atoms with Gasteiger partial charge in [-0.3, -0.25) is 9.69 Å². The van der Waals surface area contributed by atoms with Crippen molar-refractivity contribution in [3.8, 4) is 5.75 Å². The Morgan fingerprint density at radius 3 is 2.55 bits per heavy atom. The minimum Gasteiger partial charge on any atom is -0.492 e. The molecule has 0 N–H and O–H groups in total. The topological polar surface area (TPSA) is 58.8 Å². The van der Waals surface area contributed by atoms with E-state index in [-0.39, 0.29) is 24.1 Å². The number of fused-ring (bicyclic) bond motifs is 1. The highest BCUT2D eigenvalue weighted by Gasteiger charge is 2.25. The van der Waals surface area contributed by atoms with Gasteiger partial charge in [-0.05, 0) is 60.2 Å². The normalized spacial score (nSPS) is 10.9. The maximum atomic E-state index is 13.2. The second kappa shape index (κ2) is 11.0. The van der Waals surface area contributed by atoms with Crippen LogP contribution in [-0.4, -0.2) is 48.6 Å². The fraction of sp³-hybridized carbons (Fsp3) is 0.400. The van der Waals surface area contributed by atoms with Crippen molar-refractivity contribution in [2.24, 2.45) is 0 Å². The first-order valence-electron chi connectivity index (χ1n) is 9.39. The molecule has 158 valence electrons. The number of ether oxygens (including phenoxy) is 1. The fourth-order valence-electron chi connectivity index (χ4n) is 2.93. The summed E-state index contributed by atoms with van der Waals surface area (Å²) in [4.78, 5) is 21.9. The molecule has 0 bridgehead atoms. The minimum atomic E-state index is -0.199. The molecular weight excluding hydrogens is 478 g/mol. The van der Waals surface area contributed by atoms with Crippen molar-refractivity contribution in [2.45, 2.75) is 20.8 Å². The molecule has 0 atom stereocenters. The van der Waals surface area contributed by atoms with Crippen LogP contribution < -0.4 is 9.64 Å². The molecule has 1 amide bonds. The third kappa shape index (κ3) is 5.51. The van der Waals surface area contributed by atoms with Crippen LogP contribution in [0.3, 0.4) is 0 Å². The van der Waals surface area contributed by atoms with Crippen molar-refractivity contribution in [1.82, 2.24) is 9.88 Å². The predicted molar refractivity (Wildman–Crippen MR) is 124 cm³/mol. The summed E-state index contributed by atoms with van der Waals surface area (Å²) in [5, 5.41) is 0.645. The molecule has 29 heavy (non-hydrogen) atoms. The summed E-state index contributed by atoms with van der Waals surface area (Å²) < 4.78 is 12.7. The molecule has 0 fully saturated rings. The van der Waals surface area contributed by atoms with E-state index < -0.39 is 0 Å². The number of rotatable bonds is 9. The van der Waals surface area contributed by atoms with Crippen molar-refractivity contribution >= 4 is 60.9 Å². The average Bonchev–Trinajstić information content (AvgIpc) is 3.32. The van der Waals surface area contributed by atoms with Crippen LogP contribution in [0.5, 0.6) is 5.75 Å². The van der Waals surface area contributed by atoms with Crippen molar-refractivity contribution < 1.29 is 13.9 Å². The van der Waals surface area contributed by atoms with Gasteiger partial charge in [0, 0.05) is 13.1 Å². The number of likely N-dealkylation sites (N-methyl/N-ethyl adjacent to an activating group) is 1. The van der Waals surface area contributed by atoms with Crippen molar-refractivity contribution in [3.05, 3.63) is 40.8 Å². The van der Waals surface area contributed by atoms with E-state index in [0.717, 1.165) is 35.6 Å². The van der Waals surface area contributed by atoms with Gasteiger partial charge in [-0.15, -0.1) is 12.4 Å². The standard InChI is InChI=1S/C20H24BrN3O3S.ClH/c1-4-23(5-2)12-13-24(19(25)15-10-11-17(21)27-15)20-22-18-14(26-6-3)8-7-9-16(18)28-20;/h7-11H,4-6,12-13H2,1-3H3;1H. The third-order valence-corrected chi connectivity index (χ3v) is 5.93. The van der Waals surface area contributed by atoms with E-state index in [1.54, 1.807) is 17.0 Å². The zero-order valence-electron chi connectivity index (χ0n) is 16.7. The van der Waals surface area contributed by atoms with Gasteiger partial charge in [0.1, 0.15) is 11.3 Å². The number of hydrogen-bond donors (Lipinski definition) is 0. The molecule has 1 aromatic carbocycles. The average molecular weight is 503 g/mol. The molecule has 6 nitrogen and oxygen atoms in total. The first kappa shape index (κ1) is 23.7. The molecule has 2 heterocycles. The van der Waals surface area contributed by atoms with Crippen LogP contribution in [0.4, 0.5) is 5.13 Å². The van der Waals surface area contributed by atoms with Gasteiger partial charge in [-0.25, -0.2) is 4.98 Å². The SMILES string of the molecule is CCOc1cccc2sc(N(CCN(CC)CC)C(=O)c3ccc(Br)o3)nc12.Cl. The summed E-state index contributed by atoms with van der Waals surface area (Å²) in [6.45, 7) is 9.89. The summed E-state index contributed by atoms with van der Waals surface area (Å²) in [6, 6.07) is 9.24. The van der Waals surface area contributed by atoms with Gasteiger partial charge < -0.3 is 14.1 Å². The lowest BCUT2D eigenvalue weighted by molar-refractivity contribution is 0.0956. The summed E-state index contributed by atoms with van der Waals surface area (Å²) in [7, 11) is 0. The monoisotopic (exact) mass is 501 g/mol. The number of aromatic nitrogens is 1. The van der Waals surface area contributed by atoms with Gasteiger partial charge >= 0.3 is 0 Å². The van der Waals surface area contributed by atoms with Crippen molar-refractivity contribution in [3.63, 3.8) is 0 Å². The van der Waals surface area contributed by atoms with Crippen LogP contribution in [-0.2, 0) is 0 Å². The summed E-state index contributed by atoms with van der Waals surface area (Å²) >= 11 is 4.75. The van der Waals surface area contributed by atoms with E-state index in [1.807, 2.05) is 25.1 Å². The number of furan rings is 1. The van der Waals surface area contributed by atoms with E-state index in [0.29, 0.717) is 23.0 Å². The number of benzene rings is 1. The van der Waals surface area contributed by atoms with Crippen molar-refractivity contribution in [2.75, 3.05) is 37.7 Å². The number of amides is 1. The zero-order chi connectivity index (χ0) is 20.1. The van der Waals surface area contributed by atoms with Gasteiger partial charge in [-0.2, -0.15) is 0 Å². The number of nitrogens with zero attached hydrogens (tertiary/aromatic N) is 3. The number of carbonyl (C=O) groups is 1. The van der Waals surface area contributed by atoms with Gasteiger partial charge in [0.15, 0.2) is 15.6 Å². The highest BCUT2D eigenvalue weighted by atomic mass is 79.9. The van der Waals surface area contributed by atoms with Crippen LogP contribution in [0.2, 0.25) is 0 Å². The smallest absolute Gasteiger partial charge is 0.295 e. The Morgan fingerprint density at radius 2 is 1.93 bits per heavy atom. The van der Waals surface area contributed by atoms with Gasteiger partial charge in [0.2, 0.25) is 0 Å². The number of carbonyl (C=O) groups excluding carboxylic acids is 1. The van der Waals surface area contributed by atoms with Crippen LogP contribution in [0.1, 0.15) is 31.3 Å². The second-order valence-corrected chi connectivity index (χ2v) is 7.91. The molecular formula is C20H25BrClN3O3S. The first-order valence-corrected chi connectivity index (χ1v) is 11.0. The molecule has 0 saturated heterocycles. The molecule has 9 heteroatoms. The lowest BCUT2D eigenvalue weighted by Gasteiger charge is -2.24. The van der Waals surface area contributed by atoms with E-state index in [4.69, 9.17) is 14.1 Å². The molecule has 0 spiro atoms. The molecule has 0 aliphatic carbocycles. The summed E-state index contributed by atoms with van der Waals surface area (Å²) in [5.74, 6) is 0.824. The largest absolute Gasteiger partial charge is 0.492 e. The third-order valence-electron chi connectivity index (χ3n) is 4.46. The predicted octanol–water partition coefficient (Wildman–Crippen LogP) is 5.46. The molecule has 3 aromatic rings. The fourth-order valence-corrected chi connectivity index (χ4v) is 4.24. The molecule has 0 unspecified atom stereocenters. The molecule has 0 saturated carbocycles. The number of anilines is 1. The van der Waals surface area contributed by atoms with Crippen LogP contribution >= 0.6 is 39.7 Å². The lowest BCUT2D eigenvalue weighted by Crippen LogP contribution is -2.38. The van der Waals surface area contributed by atoms with Crippen LogP contribution in [0.25, 0.3) is 10.2 Å². The summed E-state index contributed by atoms with van der Waals surface area (Å²) in [6.07, 6.45) is 0. The Balaban J connectivity index is 0.00000300. The maximum absolute atomic E-state index is 13.2. The van der Waals surface area contributed by atoms with Crippen molar-refractivity contribution in [1.29, 1.82) is 0 Å². The quantitative estimate of drug-likeness (QED) is 0.389. The van der Waals surface area contributed by atoms with E-state index in [1.165, 1.54) is 11.3 Å². The lowest BCUT2D eigenvalue weighted by atomic mass is 10.3. The Kier molecular flexibility index (Phi) is 8.95. The molecule has 0 aliphatic heterocycles. The second-order valence-electron chi connectivity index (χ2n) is 6.12. The van der Waals surface area contributed by atoms with Crippen LogP contribution in [0, 0.1) is 0 Å². The van der Waals surface area contributed by atoms with E-state index in [9.17, 15) is 4.79 Å². The van der Waals surface area contributed by atoms with E-state index in [2.05, 4.69) is 34.7 Å². The molecule has 0 radical (unpaired) electrons. The number of para-hydroxylation sites is 1. The Hall–Kier alpha value is -1.61. The number of halogens is 2. The number of hydrogen-bond acceptors (Lipinski definition) is 6. The van der Waals surface area contributed by atoms with Gasteiger partial charge in [0.05, 0.1) is 11.3 Å². The Morgan fingerprint density at radius 1 is 1.17 bits per heavy atom. The van der Waals surface area contributed by atoms with Gasteiger partial charge in [0.25, 0.3) is 5.91 Å². The maximum Gasteiger partial charge on any atom is 0.295 e. The molecule has 2 aromatic heterocycles. The zero-order valence-corrected chi connectivity index (χ0v) is 19.9. The number of thiazole rings is 1. The first-order chi connectivity index (χ1) is 13.6. The summed E-state index contributed by atoms with van der Waals surface area (Å²) in [5.41, 5.74) is 0.783. The molecule has 3 rings (SSSR count). The highest BCUT2D eigenvalue weighted by Crippen LogP contribution is 2.35. The minimum absolute atomic E-state index is 0. The Labute approximate surface area is 189 Å². The van der Waals surface area contributed by atoms with E-state index >= 15 is 0 Å². The Bertz CT molecular complexity index is 942. The van der Waals surface area contributed by atoms with Gasteiger partial charge in [-0.1, -0.05) is 31.3 Å². The highest BCUT2D eigenvalue weighted by molar-refractivity contribution is 9.10. The van der Waals surface area contributed by atoms with Crippen LogP contribution in [0.15, 0.2) is 39.4 Å².